The number of hydrogen-bond acceptors (Lipinski definition) is 6. The number of nitrogens with one attached hydrogen (secondary N) is 1. The summed E-state index contributed by atoms with van der Waals surface area (Å²) in [5.74, 6) is -1.44. The lowest BCUT2D eigenvalue weighted by atomic mass is 10.1. The van der Waals surface area contributed by atoms with E-state index in [1.54, 1.807) is 0 Å². The van der Waals surface area contributed by atoms with Crippen molar-refractivity contribution >= 4 is 63.8 Å². The molecule has 0 aliphatic carbocycles. The fourth-order valence-electron chi connectivity index (χ4n) is 3.86. The highest BCUT2D eigenvalue weighted by atomic mass is 35.5. The Morgan fingerprint density at radius 1 is 1.07 bits per heavy atom. The fourth-order valence-corrected chi connectivity index (χ4v) is 5.31. The van der Waals surface area contributed by atoms with Crippen molar-refractivity contribution in [2.45, 2.75) is 19.7 Å². The minimum atomic E-state index is -4.65. The molecule has 0 saturated carbocycles. The van der Waals surface area contributed by atoms with Crippen LogP contribution in [-0.2, 0) is 22.4 Å². The normalized spacial score (nSPS) is 14.5. The number of alkyl halides is 3. The Morgan fingerprint density at radius 3 is 2.41 bits per heavy atom. The van der Waals surface area contributed by atoms with Crippen molar-refractivity contribution in [2.24, 2.45) is 0 Å². The number of halogens is 5. The molecule has 0 aromatic heterocycles. The lowest BCUT2D eigenvalue weighted by Crippen LogP contribution is -2.36. The Labute approximate surface area is 247 Å². The number of nitrogens with zero attached hydrogens (tertiary/aromatic N) is 1. The standard InChI is InChI=1S/C28H21Cl2F3N2O5S/c1-15-4-3-5-16(8-15)14-40-25-19(29)9-17(10-20(25)30)11-23-26(37)35(27(38)41-23)13-24(36)34-21-12-18(28(31,32)33)6-7-22(21)39-2/h3-12H,13-14H2,1-2H3,(H,34,36)/b23-11-. The average Bonchev–Trinajstić information content (AvgIpc) is 3.14. The molecule has 4 rings (SSSR count). The number of thioether (sulfide) groups is 1. The first-order valence-electron chi connectivity index (χ1n) is 11.8. The van der Waals surface area contributed by atoms with Gasteiger partial charge in [0, 0.05) is 0 Å². The van der Waals surface area contributed by atoms with E-state index in [1.165, 1.54) is 25.3 Å². The summed E-state index contributed by atoms with van der Waals surface area (Å²) >= 11 is 13.4. The van der Waals surface area contributed by atoms with Crippen LogP contribution < -0.4 is 14.8 Å². The highest BCUT2D eigenvalue weighted by Crippen LogP contribution is 2.38. The van der Waals surface area contributed by atoms with E-state index in [4.69, 9.17) is 32.7 Å². The highest BCUT2D eigenvalue weighted by Gasteiger charge is 2.37. The number of hydrogen-bond donors (Lipinski definition) is 1. The first kappa shape index (κ1) is 30.3. The van der Waals surface area contributed by atoms with Crippen LogP contribution in [0, 0.1) is 6.92 Å². The largest absolute Gasteiger partial charge is 0.495 e. The predicted octanol–water partition coefficient (Wildman–Crippen LogP) is 7.58. The Balaban J connectivity index is 1.45. The molecule has 3 amide bonds. The Morgan fingerprint density at radius 2 is 1.78 bits per heavy atom. The summed E-state index contributed by atoms with van der Waals surface area (Å²) in [6.07, 6.45) is -3.26. The minimum Gasteiger partial charge on any atom is -0.495 e. The smallest absolute Gasteiger partial charge is 0.416 e. The number of ether oxygens (including phenoxy) is 2. The average molecular weight is 625 g/mol. The molecule has 1 heterocycles. The summed E-state index contributed by atoms with van der Waals surface area (Å²) in [4.78, 5) is 38.7. The lowest BCUT2D eigenvalue weighted by molar-refractivity contribution is -0.137. The fraction of sp³-hybridized carbons (Fsp3) is 0.179. The van der Waals surface area contributed by atoms with Gasteiger partial charge in [0.15, 0.2) is 5.75 Å². The van der Waals surface area contributed by atoms with Gasteiger partial charge in [0.2, 0.25) is 5.91 Å². The number of rotatable bonds is 8. The number of carbonyl (C=O) groups excluding carboxylic acids is 3. The van der Waals surface area contributed by atoms with Crippen molar-refractivity contribution in [2.75, 3.05) is 19.0 Å². The second-order valence-corrected chi connectivity index (χ2v) is 10.6. The Hall–Kier alpha value is -3.67. The zero-order chi connectivity index (χ0) is 29.9. The summed E-state index contributed by atoms with van der Waals surface area (Å²) in [6.45, 7) is 1.46. The highest BCUT2D eigenvalue weighted by molar-refractivity contribution is 8.18. The molecule has 0 radical (unpaired) electrons. The van der Waals surface area contributed by atoms with Gasteiger partial charge in [-0.3, -0.25) is 19.3 Å². The number of methoxy groups -OCH3 is 1. The molecule has 7 nitrogen and oxygen atoms in total. The lowest BCUT2D eigenvalue weighted by Gasteiger charge is -2.16. The summed E-state index contributed by atoms with van der Waals surface area (Å²) in [6, 6.07) is 13.3. The molecule has 214 valence electrons. The third-order valence-corrected chi connectivity index (χ3v) is 7.23. The van der Waals surface area contributed by atoms with Gasteiger partial charge < -0.3 is 14.8 Å². The van der Waals surface area contributed by atoms with E-state index in [0.29, 0.717) is 28.3 Å². The third kappa shape index (κ3) is 7.35. The third-order valence-electron chi connectivity index (χ3n) is 5.76. The molecule has 1 aliphatic rings. The van der Waals surface area contributed by atoms with E-state index in [-0.39, 0.29) is 38.7 Å². The number of aryl methyl sites for hydroxylation is 1. The molecule has 0 spiro atoms. The summed E-state index contributed by atoms with van der Waals surface area (Å²) in [5.41, 5.74) is 1.13. The van der Waals surface area contributed by atoms with Gasteiger partial charge in [0.25, 0.3) is 11.1 Å². The van der Waals surface area contributed by atoms with E-state index in [1.807, 2.05) is 31.2 Å². The van der Waals surface area contributed by atoms with Crippen molar-refractivity contribution in [3.63, 3.8) is 0 Å². The monoisotopic (exact) mass is 624 g/mol. The van der Waals surface area contributed by atoms with Gasteiger partial charge in [0.05, 0.1) is 33.3 Å². The van der Waals surface area contributed by atoms with Gasteiger partial charge in [-0.2, -0.15) is 13.2 Å². The molecule has 1 aliphatic heterocycles. The van der Waals surface area contributed by atoms with Crippen LogP contribution in [0.4, 0.5) is 23.7 Å². The van der Waals surface area contributed by atoms with Gasteiger partial charge >= 0.3 is 6.18 Å². The van der Waals surface area contributed by atoms with Crippen LogP contribution >= 0.6 is 35.0 Å². The van der Waals surface area contributed by atoms with E-state index >= 15 is 0 Å². The molecule has 0 bridgehead atoms. The van der Waals surface area contributed by atoms with Gasteiger partial charge in [-0.1, -0.05) is 53.0 Å². The van der Waals surface area contributed by atoms with E-state index in [9.17, 15) is 27.6 Å². The van der Waals surface area contributed by atoms with Crippen LogP contribution in [-0.4, -0.2) is 35.6 Å². The van der Waals surface area contributed by atoms with E-state index in [2.05, 4.69) is 5.32 Å². The molecule has 1 saturated heterocycles. The molecule has 0 unspecified atom stereocenters. The Bertz CT molecular complexity index is 1540. The first-order valence-corrected chi connectivity index (χ1v) is 13.4. The maximum atomic E-state index is 13.1. The van der Waals surface area contributed by atoms with Crippen molar-refractivity contribution in [1.82, 2.24) is 4.90 Å². The van der Waals surface area contributed by atoms with Crippen molar-refractivity contribution in [3.8, 4) is 11.5 Å². The van der Waals surface area contributed by atoms with Crippen LogP contribution in [0.3, 0.4) is 0 Å². The van der Waals surface area contributed by atoms with Gasteiger partial charge in [0.1, 0.15) is 18.9 Å². The summed E-state index contributed by atoms with van der Waals surface area (Å²) < 4.78 is 50.1. The van der Waals surface area contributed by atoms with Crippen molar-refractivity contribution in [1.29, 1.82) is 0 Å². The number of carbonyl (C=O) groups is 3. The van der Waals surface area contributed by atoms with Gasteiger partial charge in [-0.15, -0.1) is 0 Å². The molecular formula is C28H21Cl2F3N2O5S. The zero-order valence-electron chi connectivity index (χ0n) is 21.5. The zero-order valence-corrected chi connectivity index (χ0v) is 23.8. The minimum absolute atomic E-state index is 0.0000109. The maximum absolute atomic E-state index is 13.1. The van der Waals surface area contributed by atoms with Crippen LogP contribution in [0.2, 0.25) is 10.0 Å². The molecule has 1 fully saturated rings. The van der Waals surface area contributed by atoms with Crippen LogP contribution in [0.5, 0.6) is 11.5 Å². The number of amides is 3. The second kappa shape index (κ2) is 12.5. The number of imide groups is 1. The molecule has 3 aromatic rings. The molecular weight excluding hydrogens is 604 g/mol. The Kier molecular flexibility index (Phi) is 9.21. The molecule has 41 heavy (non-hydrogen) atoms. The predicted molar refractivity (Wildman–Crippen MR) is 151 cm³/mol. The topological polar surface area (TPSA) is 84.9 Å². The van der Waals surface area contributed by atoms with Crippen LogP contribution in [0.25, 0.3) is 6.08 Å². The summed E-state index contributed by atoms with van der Waals surface area (Å²) in [5, 5.41) is 1.90. The van der Waals surface area contributed by atoms with E-state index in [0.717, 1.165) is 23.3 Å². The molecule has 3 aromatic carbocycles. The van der Waals surface area contributed by atoms with Crippen molar-refractivity contribution < 1.29 is 37.0 Å². The molecule has 1 N–H and O–H groups in total. The second-order valence-electron chi connectivity index (χ2n) is 8.82. The van der Waals surface area contributed by atoms with Gasteiger partial charge in [-0.25, -0.2) is 0 Å². The SMILES string of the molecule is COc1ccc(C(F)(F)F)cc1NC(=O)CN1C(=O)S/C(=C\c2cc(Cl)c(OCc3cccc(C)c3)c(Cl)c2)C1=O. The van der Waals surface area contributed by atoms with Crippen molar-refractivity contribution in [3.05, 3.63) is 91.8 Å². The molecule has 13 heteroatoms. The molecule has 0 atom stereocenters. The van der Waals surface area contributed by atoms with Crippen LogP contribution in [0.1, 0.15) is 22.3 Å². The summed E-state index contributed by atoms with van der Waals surface area (Å²) in [7, 11) is 1.22. The number of anilines is 1. The first-order chi connectivity index (χ1) is 19.3. The van der Waals surface area contributed by atoms with Crippen LogP contribution in [0.15, 0.2) is 59.5 Å². The maximum Gasteiger partial charge on any atom is 0.416 e. The quantitative estimate of drug-likeness (QED) is 0.260. The van der Waals surface area contributed by atoms with Gasteiger partial charge in [-0.05, 0) is 66.2 Å². The number of benzene rings is 3. The van der Waals surface area contributed by atoms with E-state index < -0.39 is 35.3 Å².